The standard InChI is InChI=1S/C29H31FO4/c1-6-14-33-26-17-27-23(24(18-29(4,5)34-27)21-10-8-7-9-11-21)16-22(26)20(3)25(30)13-12-19(2)15-28(31)32/h7-13,15-18H,6,14H2,1-5H3,(H,31,32)/p-1. The molecule has 2 aromatic carbocycles. The Bertz CT molecular complexity index is 1180. The van der Waals surface area contributed by atoms with Crippen LogP contribution < -0.4 is 14.6 Å². The van der Waals surface area contributed by atoms with Crippen molar-refractivity contribution in [1.82, 2.24) is 0 Å². The highest BCUT2D eigenvalue weighted by Gasteiger charge is 2.29. The number of halogens is 1. The molecule has 0 unspecified atom stereocenters. The van der Waals surface area contributed by atoms with Crippen molar-refractivity contribution in [3.05, 3.63) is 94.9 Å². The van der Waals surface area contributed by atoms with Gasteiger partial charge in [0.2, 0.25) is 0 Å². The zero-order valence-corrected chi connectivity index (χ0v) is 20.3. The lowest BCUT2D eigenvalue weighted by atomic mass is 9.88. The van der Waals surface area contributed by atoms with Crippen molar-refractivity contribution in [3.63, 3.8) is 0 Å². The van der Waals surface area contributed by atoms with Crippen LogP contribution in [-0.2, 0) is 4.79 Å². The van der Waals surface area contributed by atoms with Gasteiger partial charge in [0.25, 0.3) is 0 Å². The summed E-state index contributed by atoms with van der Waals surface area (Å²) in [6.45, 7) is 9.73. The van der Waals surface area contributed by atoms with Crippen molar-refractivity contribution in [2.45, 2.75) is 46.6 Å². The third kappa shape index (κ3) is 6.04. The van der Waals surface area contributed by atoms with E-state index in [-0.39, 0.29) is 0 Å². The van der Waals surface area contributed by atoms with Crippen molar-refractivity contribution in [3.8, 4) is 11.5 Å². The Morgan fingerprint density at radius 2 is 1.85 bits per heavy atom. The number of allylic oxidation sites excluding steroid dienone is 5. The zero-order valence-electron chi connectivity index (χ0n) is 20.3. The van der Waals surface area contributed by atoms with Crippen LogP contribution in [0.1, 0.15) is 57.7 Å². The normalized spacial score (nSPS) is 15.8. The summed E-state index contributed by atoms with van der Waals surface area (Å²) < 4.78 is 27.4. The lowest BCUT2D eigenvalue weighted by Crippen LogP contribution is -2.29. The van der Waals surface area contributed by atoms with E-state index >= 15 is 4.39 Å². The lowest BCUT2D eigenvalue weighted by Gasteiger charge is -2.32. The molecule has 178 valence electrons. The molecular weight excluding hydrogens is 431 g/mol. The van der Waals surface area contributed by atoms with Crippen molar-refractivity contribution >= 4 is 17.1 Å². The van der Waals surface area contributed by atoms with E-state index in [4.69, 9.17) is 9.47 Å². The molecule has 1 heterocycles. The van der Waals surface area contributed by atoms with Gasteiger partial charge >= 0.3 is 0 Å². The van der Waals surface area contributed by atoms with Crippen LogP contribution in [0.3, 0.4) is 0 Å². The summed E-state index contributed by atoms with van der Waals surface area (Å²) in [5.41, 5.74) is 3.74. The molecule has 2 aromatic rings. The van der Waals surface area contributed by atoms with Crippen LogP contribution in [0.25, 0.3) is 11.1 Å². The number of rotatable bonds is 8. The molecule has 0 saturated heterocycles. The first kappa shape index (κ1) is 25.0. The van der Waals surface area contributed by atoms with E-state index in [1.54, 1.807) is 13.8 Å². The van der Waals surface area contributed by atoms with Crippen LogP contribution in [0.4, 0.5) is 4.39 Å². The van der Waals surface area contributed by atoms with E-state index in [0.29, 0.717) is 34.8 Å². The van der Waals surface area contributed by atoms with E-state index in [1.165, 1.54) is 12.2 Å². The first-order valence-corrected chi connectivity index (χ1v) is 11.3. The largest absolute Gasteiger partial charge is 0.545 e. The van der Waals surface area contributed by atoms with Crippen LogP contribution in [-0.4, -0.2) is 18.2 Å². The van der Waals surface area contributed by atoms with Gasteiger partial charge in [-0.05, 0) is 80.7 Å². The predicted octanol–water partition coefficient (Wildman–Crippen LogP) is 6.03. The van der Waals surface area contributed by atoms with Gasteiger partial charge in [0.15, 0.2) is 0 Å². The number of carbonyl (C=O) groups excluding carboxylic acids is 1. The van der Waals surface area contributed by atoms with E-state index in [2.05, 4.69) is 6.08 Å². The van der Waals surface area contributed by atoms with Gasteiger partial charge in [0, 0.05) is 17.2 Å². The molecule has 5 heteroatoms. The quantitative estimate of drug-likeness (QED) is 0.356. The average molecular weight is 462 g/mol. The summed E-state index contributed by atoms with van der Waals surface area (Å²) >= 11 is 0. The van der Waals surface area contributed by atoms with Gasteiger partial charge in [-0.15, -0.1) is 0 Å². The molecule has 0 aliphatic carbocycles. The summed E-state index contributed by atoms with van der Waals surface area (Å²) in [6.07, 6.45) is 6.45. The fourth-order valence-corrected chi connectivity index (χ4v) is 3.77. The second-order valence-electron chi connectivity index (χ2n) is 8.84. The Kier molecular flexibility index (Phi) is 7.77. The zero-order chi connectivity index (χ0) is 24.9. The molecule has 3 rings (SSSR count). The Morgan fingerprint density at radius 3 is 2.50 bits per heavy atom. The fraction of sp³-hybridized carbons (Fsp3) is 0.276. The summed E-state index contributed by atoms with van der Waals surface area (Å²) in [6, 6.07) is 13.7. The molecule has 0 spiro atoms. The number of hydrogen-bond acceptors (Lipinski definition) is 4. The number of fused-ring (bicyclic) bond motifs is 1. The molecule has 0 N–H and O–H groups in total. The van der Waals surface area contributed by atoms with Gasteiger partial charge in [0.05, 0.1) is 12.6 Å². The molecule has 1 aliphatic heterocycles. The van der Waals surface area contributed by atoms with Gasteiger partial charge < -0.3 is 19.4 Å². The van der Waals surface area contributed by atoms with Crippen molar-refractivity contribution in [2.24, 2.45) is 0 Å². The maximum atomic E-state index is 15.2. The number of aliphatic carboxylic acids is 1. The second kappa shape index (κ2) is 10.6. The second-order valence-corrected chi connectivity index (χ2v) is 8.84. The number of carboxylic acids is 1. The summed E-state index contributed by atoms with van der Waals surface area (Å²) in [5, 5.41) is 10.7. The average Bonchev–Trinajstić information content (AvgIpc) is 2.79. The van der Waals surface area contributed by atoms with E-state index in [9.17, 15) is 9.90 Å². The molecule has 0 saturated carbocycles. The number of carboxylic acid groups (broad SMARTS) is 1. The highest BCUT2D eigenvalue weighted by Crippen LogP contribution is 2.44. The summed E-state index contributed by atoms with van der Waals surface area (Å²) in [4.78, 5) is 10.7. The number of benzene rings is 2. The molecule has 0 amide bonds. The fourth-order valence-electron chi connectivity index (χ4n) is 3.77. The first-order valence-electron chi connectivity index (χ1n) is 11.3. The highest BCUT2D eigenvalue weighted by atomic mass is 19.1. The Labute approximate surface area is 200 Å². The maximum absolute atomic E-state index is 15.2. The molecular formula is C29H30FO4-. The number of hydrogen-bond donors (Lipinski definition) is 0. The van der Waals surface area contributed by atoms with E-state index in [0.717, 1.165) is 29.2 Å². The van der Waals surface area contributed by atoms with Gasteiger partial charge in [-0.2, -0.15) is 0 Å². The minimum atomic E-state index is -1.32. The number of carbonyl (C=O) groups is 1. The molecule has 0 aromatic heterocycles. The molecule has 0 fully saturated rings. The predicted molar refractivity (Wildman–Crippen MR) is 132 cm³/mol. The Hall–Kier alpha value is -3.60. The molecule has 0 bridgehead atoms. The minimum absolute atomic E-state index is 0.376. The monoisotopic (exact) mass is 461 g/mol. The van der Waals surface area contributed by atoms with E-state index < -0.39 is 17.4 Å². The maximum Gasteiger partial charge on any atom is 0.132 e. The SMILES string of the molecule is CCCOc1cc2c(cc1C(C)=C(F)C=CC(C)=CC(=O)[O-])C(c1ccccc1)=CC(C)(C)O2. The van der Waals surface area contributed by atoms with E-state index in [1.807, 2.05) is 63.2 Å². The smallest absolute Gasteiger partial charge is 0.132 e. The highest BCUT2D eigenvalue weighted by molar-refractivity contribution is 5.88. The minimum Gasteiger partial charge on any atom is -0.545 e. The van der Waals surface area contributed by atoms with Crippen molar-refractivity contribution in [1.29, 1.82) is 0 Å². The molecule has 34 heavy (non-hydrogen) atoms. The van der Waals surface area contributed by atoms with Gasteiger partial charge in [-0.3, -0.25) is 0 Å². The van der Waals surface area contributed by atoms with Crippen LogP contribution in [0.15, 0.2) is 78.2 Å². The van der Waals surface area contributed by atoms with Gasteiger partial charge in [-0.25, -0.2) is 4.39 Å². The number of ether oxygens (including phenoxy) is 2. The first-order chi connectivity index (χ1) is 16.1. The molecule has 4 nitrogen and oxygen atoms in total. The third-order valence-electron chi connectivity index (χ3n) is 5.38. The lowest BCUT2D eigenvalue weighted by molar-refractivity contribution is -0.297. The third-order valence-corrected chi connectivity index (χ3v) is 5.38. The van der Waals surface area contributed by atoms with Crippen LogP contribution >= 0.6 is 0 Å². The van der Waals surface area contributed by atoms with Crippen LogP contribution in [0.2, 0.25) is 0 Å². The topological polar surface area (TPSA) is 58.6 Å². The molecule has 1 aliphatic rings. The van der Waals surface area contributed by atoms with Crippen LogP contribution in [0, 0.1) is 0 Å². The van der Waals surface area contributed by atoms with Gasteiger partial charge in [0.1, 0.15) is 22.9 Å². The summed E-state index contributed by atoms with van der Waals surface area (Å²) in [5.74, 6) is -0.600. The summed E-state index contributed by atoms with van der Waals surface area (Å²) in [7, 11) is 0. The van der Waals surface area contributed by atoms with Gasteiger partial charge in [-0.1, -0.05) is 43.3 Å². The Morgan fingerprint density at radius 1 is 1.15 bits per heavy atom. The molecule has 0 radical (unpaired) electrons. The van der Waals surface area contributed by atoms with Crippen LogP contribution in [0.5, 0.6) is 11.5 Å². The van der Waals surface area contributed by atoms with Crippen molar-refractivity contribution in [2.75, 3.05) is 6.61 Å². The van der Waals surface area contributed by atoms with Crippen molar-refractivity contribution < 1.29 is 23.8 Å². The molecule has 0 atom stereocenters. The Balaban J connectivity index is 2.16.